The highest BCUT2D eigenvalue weighted by Gasteiger charge is 2.23. The number of nitrogens with zero attached hydrogens (tertiary/aromatic N) is 3. The van der Waals surface area contributed by atoms with Gasteiger partial charge in [-0.25, -0.2) is 9.97 Å². The summed E-state index contributed by atoms with van der Waals surface area (Å²) in [6.45, 7) is 3.11. The Morgan fingerprint density at radius 1 is 1.39 bits per heavy atom. The molecule has 6 heteroatoms. The third kappa shape index (κ3) is 3.08. The topological polar surface area (TPSA) is 73.5 Å². The third-order valence-electron chi connectivity index (χ3n) is 3.06. The van der Waals surface area contributed by atoms with E-state index in [1.165, 1.54) is 0 Å². The summed E-state index contributed by atoms with van der Waals surface area (Å²) in [6.07, 6.45) is 1.12. The molecule has 0 aliphatic carbocycles. The maximum Gasteiger partial charge on any atom is 0.158 e. The Balaban J connectivity index is 2.08. The smallest absolute Gasteiger partial charge is 0.158 e. The van der Waals surface area contributed by atoms with Crippen LogP contribution in [0.1, 0.15) is 12.2 Å². The number of methoxy groups -OCH3 is 2. The predicted octanol–water partition coefficient (Wildman–Crippen LogP) is 0.678. The highest BCUT2D eigenvalue weighted by Crippen LogP contribution is 2.23. The lowest BCUT2D eigenvalue weighted by atomic mass is 10.1. The quantitative estimate of drug-likeness (QED) is 0.830. The highest BCUT2D eigenvalue weighted by atomic mass is 16.5. The second kappa shape index (κ2) is 5.97. The first-order valence-corrected chi connectivity index (χ1v) is 6.09. The second-order valence-electron chi connectivity index (χ2n) is 4.56. The molecule has 1 fully saturated rings. The Hall–Kier alpha value is -1.40. The van der Waals surface area contributed by atoms with E-state index >= 15 is 0 Å². The maximum absolute atomic E-state index is 5.79. The number of hydrogen-bond acceptors (Lipinski definition) is 6. The van der Waals surface area contributed by atoms with E-state index in [0.717, 1.165) is 31.9 Å². The number of hydrogen-bond donors (Lipinski definition) is 1. The van der Waals surface area contributed by atoms with Gasteiger partial charge in [-0.3, -0.25) is 0 Å². The molecule has 1 aromatic rings. The van der Waals surface area contributed by atoms with E-state index in [4.69, 9.17) is 15.2 Å². The first-order valence-electron chi connectivity index (χ1n) is 6.09. The molecule has 0 bridgehead atoms. The normalized spacial score (nSPS) is 19.4. The van der Waals surface area contributed by atoms with Gasteiger partial charge >= 0.3 is 0 Å². The maximum atomic E-state index is 5.79. The number of ether oxygens (including phenoxy) is 2. The molecule has 1 atom stereocenters. The summed E-state index contributed by atoms with van der Waals surface area (Å²) < 4.78 is 10.2. The molecule has 2 rings (SSSR count). The predicted molar refractivity (Wildman–Crippen MR) is 69.4 cm³/mol. The Labute approximate surface area is 107 Å². The van der Waals surface area contributed by atoms with E-state index in [1.807, 2.05) is 6.07 Å². The highest BCUT2D eigenvalue weighted by molar-refractivity contribution is 5.47. The van der Waals surface area contributed by atoms with Gasteiger partial charge in [0.05, 0.1) is 6.61 Å². The Bertz CT molecular complexity index is 400. The van der Waals surface area contributed by atoms with Crippen LogP contribution in [0.4, 0.5) is 11.6 Å². The largest absolute Gasteiger partial charge is 0.384 e. The van der Waals surface area contributed by atoms with Crippen molar-refractivity contribution in [3.8, 4) is 0 Å². The minimum absolute atomic E-state index is 0.382. The molecule has 0 amide bonds. The standard InChI is InChI=1S/C12H20N4O2/c1-17-7-9-3-4-16(6-9)12-5-10(13)14-11(15-12)8-18-2/h5,9H,3-4,6-8H2,1-2H3,(H2,13,14,15). The van der Waals surface area contributed by atoms with E-state index < -0.39 is 0 Å². The van der Waals surface area contributed by atoms with Crippen molar-refractivity contribution in [3.05, 3.63) is 11.9 Å². The molecule has 1 aromatic heterocycles. The van der Waals surface area contributed by atoms with Crippen LogP contribution in [0.3, 0.4) is 0 Å². The average Bonchev–Trinajstić information content (AvgIpc) is 2.78. The summed E-state index contributed by atoms with van der Waals surface area (Å²) in [4.78, 5) is 10.8. The van der Waals surface area contributed by atoms with Crippen LogP contribution in [0, 0.1) is 5.92 Å². The minimum Gasteiger partial charge on any atom is -0.384 e. The minimum atomic E-state index is 0.382. The van der Waals surface area contributed by atoms with Crippen LogP contribution in [-0.4, -0.2) is 43.9 Å². The van der Waals surface area contributed by atoms with Gasteiger partial charge in [0.25, 0.3) is 0 Å². The van der Waals surface area contributed by atoms with E-state index in [2.05, 4.69) is 14.9 Å². The van der Waals surface area contributed by atoms with Gasteiger partial charge in [-0.2, -0.15) is 0 Å². The molecule has 0 saturated carbocycles. The van der Waals surface area contributed by atoms with Crippen molar-refractivity contribution in [1.29, 1.82) is 0 Å². The number of nitrogen functional groups attached to an aromatic ring is 1. The van der Waals surface area contributed by atoms with Crippen molar-refractivity contribution < 1.29 is 9.47 Å². The molecule has 0 aromatic carbocycles. The van der Waals surface area contributed by atoms with Crippen molar-refractivity contribution in [2.24, 2.45) is 5.92 Å². The van der Waals surface area contributed by atoms with E-state index in [-0.39, 0.29) is 0 Å². The van der Waals surface area contributed by atoms with E-state index in [9.17, 15) is 0 Å². The van der Waals surface area contributed by atoms with Gasteiger partial charge in [-0.15, -0.1) is 0 Å². The van der Waals surface area contributed by atoms with E-state index in [0.29, 0.717) is 24.2 Å². The number of aromatic nitrogens is 2. The summed E-state index contributed by atoms with van der Waals surface area (Å²) in [6, 6.07) is 1.81. The molecule has 100 valence electrons. The fourth-order valence-corrected chi connectivity index (χ4v) is 2.27. The van der Waals surface area contributed by atoms with Crippen molar-refractivity contribution in [2.45, 2.75) is 13.0 Å². The number of nitrogens with two attached hydrogens (primary N) is 1. The molecule has 1 aliphatic rings. The Morgan fingerprint density at radius 3 is 2.94 bits per heavy atom. The molecule has 6 nitrogen and oxygen atoms in total. The fraction of sp³-hybridized carbons (Fsp3) is 0.667. The lowest BCUT2D eigenvalue weighted by molar-refractivity contribution is 0.161. The van der Waals surface area contributed by atoms with Crippen LogP contribution < -0.4 is 10.6 Å². The zero-order chi connectivity index (χ0) is 13.0. The van der Waals surface area contributed by atoms with E-state index in [1.54, 1.807) is 14.2 Å². The third-order valence-corrected chi connectivity index (χ3v) is 3.06. The summed E-state index contributed by atoms with van der Waals surface area (Å²) in [5, 5.41) is 0. The second-order valence-corrected chi connectivity index (χ2v) is 4.56. The molecule has 0 spiro atoms. The van der Waals surface area contributed by atoms with Crippen molar-refractivity contribution >= 4 is 11.6 Å². The Morgan fingerprint density at radius 2 is 2.22 bits per heavy atom. The van der Waals surface area contributed by atoms with Crippen LogP contribution in [0.2, 0.25) is 0 Å². The van der Waals surface area contributed by atoms with Crippen LogP contribution in [0.5, 0.6) is 0 Å². The summed E-state index contributed by atoms with van der Waals surface area (Å²) in [7, 11) is 3.36. The molecule has 1 saturated heterocycles. The number of rotatable bonds is 5. The first kappa shape index (κ1) is 13.0. The molecule has 0 radical (unpaired) electrons. The molecule has 2 heterocycles. The molecular weight excluding hydrogens is 232 g/mol. The van der Waals surface area contributed by atoms with Gasteiger partial charge in [0.15, 0.2) is 5.82 Å². The molecule has 2 N–H and O–H groups in total. The van der Waals surface area contributed by atoms with Gasteiger partial charge in [0.2, 0.25) is 0 Å². The Kier molecular flexibility index (Phi) is 4.33. The van der Waals surface area contributed by atoms with Gasteiger partial charge in [-0.05, 0) is 6.42 Å². The van der Waals surface area contributed by atoms with Gasteiger partial charge in [0.1, 0.15) is 18.2 Å². The number of anilines is 2. The van der Waals surface area contributed by atoms with Crippen LogP contribution >= 0.6 is 0 Å². The van der Waals surface area contributed by atoms with Crippen molar-refractivity contribution in [2.75, 3.05) is 44.5 Å². The fourth-order valence-electron chi connectivity index (χ4n) is 2.27. The van der Waals surface area contributed by atoms with Crippen molar-refractivity contribution in [3.63, 3.8) is 0 Å². The molecule has 1 unspecified atom stereocenters. The van der Waals surface area contributed by atoms with Gasteiger partial charge in [0, 0.05) is 39.3 Å². The zero-order valence-corrected chi connectivity index (χ0v) is 10.9. The molecule has 18 heavy (non-hydrogen) atoms. The van der Waals surface area contributed by atoms with Crippen LogP contribution in [0.15, 0.2) is 6.07 Å². The summed E-state index contributed by atoms with van der Waals surface area (Å²) in [5.41, 5.74) is 5.79. The van der Waals surface area contributed by atoms with Crippen LogP contribution in [0.25, 0.3) is 0 Å². The molecule has 1 aliphatic heterocycles. The molecular formula is C12H20N4O2. The summed E-state index contributed by atoms with van der Waals surface area (Å²) in [5.74, 6) is 2.56. The lowest BCUT2D eigenvalue weighted by Gasteiger charge is -2.18. The van der Waals surface area contributed by atoms with Crippen molar-refractivity contribution in [1.82, 2.24) is 9.97 Å². The summed E-state index contributed by atoms with van der Waals surface area (Å²) >= 11 is 0. The van der Waals surface area contributed by atoms with Gasteiger partial charge in [-0.1, -0.05) is 0 Å². The van der Waals surface area contributed by atoms with Gasteiger partial charge < -0.3 is 20.1 Å². The van der Waals surface area contributed by atoms with Crippen LogP contribution in [-0.2, 0) is 16.1 Å². The monoisotopic (exact) mass is 252 g/mol. The zero-order valence-electron chi connectivity index (χ0n) is 10.9. The lowest BCUT2D eigenvalue weighted by Crippen LogP contribution is -2.23. The average molecular weight is 252 g/mol. The first-order chi connectivity index (χ1) is 8.72. The SMILES string of the molecule is COCc1nc(N)cc(N2CCC(COC)C2)n1.